The SMILES string of the molecule is C[C@@H](CC[C@]1(O)O[C@H]2C[C@H]3[C@@H]4CC[C@@H]5C[C@@H](O[C@@H]6O[C@H](CO)[C@@H](O)[C@H](O)[C@H]6O[C@@H]6O[C@H](CO)[C@@H](O)[C@H](O)[C@H]6O)CC[C@]5(C)[C@H]4CC[C@]3(C)[C@H]2[C@@H]1C)CO[C@@H]1O[C@H](CO)[C@@H](O)[C@H](O)[C@H]1O. The number of rotatable bonds is 13. The summed E-state index contributed by atoms with van der Waals surface area (Å²) in [5.41, 5.74) is 0.0475. The molecule has 19 heteroatoms. The monoisotopic (exact) mass is 920 g/mol. The molecule has 370 valence electrons. The van der Waals surface area contributed by atoms with Crippen LogP contribution in [0.3, 0.4) is 0 Å². The van der Waals surface area contributed by atoms with Crippen LogP contribution in [-0.2, 0) is 33.2 Å². The minimum atomic E-state index is -1.75. The maximum atomic E-state index is 12.1. The van der Waals surface area contributed by atoms with Crippen LogP contribution in [0.2, 0.25) is 0 Å². The van der Waals surface area contributed by atoms with E-state index in [0.717, 1.165) is 44.9 Å². The molecule has 64 heavy (non-hydrogen) atoms. The Morgan fingerprint density at radius 3 is 1.84 bits per heavy atom. The summed E-state index contributed by atoms with van der Waals surface area (Å²) in [6.07, 6.45) is -13.7. The van der Waals surface area contributed by atoms with Gasteiger partial charge in [-0.15, -0.1) is 0 Å². The van der Waals surface area contributed by atoms with Crippen LogP contribution >= 0.6 is 0 Å². The summed E-state index contributed by atoms with van der Waals surface area (Å²) in [5, 5.41) is 125. The van der Waals surface area contributed by atoms with E-state index in [0.29, 0.717) is 42.9 Å². The first-order chi connectivity index (χ1) is 30.3. The molecule has 0 radical (unpaired) electrons. The van der Waals surface area contributed by atoms with E-state index in [2.05, 4.69) is 20.8 Å². The summed E-state index contributed by atoms with van der Waals surface area (Å²) in [7, 11) is 0. The molecule has 19 nitrogen and oxygen atoms in total. The highest BCUT2D eigenvalue weighted by molar-refractivity contribution is 5.15. The Hall–Kier alpha value is -0.760. The van der Waals surface area contributed by atoms with Crippen LogP contribution in [0.4, 0.5) is 0 Å². The molecule has 0 bridgehead atoms. The fraction of sp³-hybridized carbons (Fsp3) is 1.00. The molecule has 4 aliphatic carbocycles. The van der Waals surface area contributed by atoms with Gasteiger partial charge in [-0.1, -0.05) is 27.7 Å². The molecule has 0 spiro atoms. The van der Waals surface area contributed by atoms with Gasteiger partial charge in [0.2, 0.25) is 0 Å². The van der Waals surface area contributed by atoms with Crippen molar-refractivity contribution in [1.82, 2.24) is 0 Å². The standard InChI is InChI=1S/C45H76O19/c1-19(18-58-40-37(55)34(52)31(49)27(15-46)60-40)7-12-45(57)20(2)30-26(64-45)14-25-23-6-5-21-13-22(8-10-43(21,3)24(23)9-11-44(25,30)4)59-42-39(36(54)33(51)29(17-48)62-42)63-41-38(56)35(53)32(50)28(16-47)61-41/h19-42,46-57H,5-18H2,1-4H3/t19-,20-,21+,22-,23+,24-,25-,26-,27+,28+,29+,30-,31+,32+,33+,34-,35-,36-,37+,38+,39+,40+,41-,42+,43-,44-,45-/m0/s1. The number of hydrogen-bond acceptors (Lipinski definition) is 19. The van der Waals surface area contributed by atoms with Gasteiger partial charge in [-0.05, 0) is 104 Å². The van der Waals surface area contributed by atoms with Gasteiger partial charge in [0.15, 0.2) is 24.7 Å². The van der Waals surface area contributed by atoms with E-state index in [4.69, 9.17) is 33.2 Å². The lowest BCUT2D eigenvalue weighted by molar-refractivity contribution is -0.373. The minimum absolute atomic E-state index is 0.00000712. The van der Waals surface area contributed by atoms with Gasteiger partial charge in [-0.2, -0.15) is 0 Å². The van der Waals surface area contributed by atoms with Gasteiger partial charge in [0, 0.05) is 12.3 Å². The molecule has 4 heterocycles. The van der Waals surface area contributed by atoms with E-state index in [1.807, 2.05) is 6.92 Å². The molecule has 0 aromatic heterocycles. The lowest BCUT2D eigenvalue weighted by Gasteiger charge is -2.61. The van der Waals surface area contributed by atoms with Crippen LogP contribution in [0.1, 0.15) is 91.9 Å². The molecule has 0 aromatic carbocycles. The molecule has 8 fully saturated rings. The molecular formula is C45H76O19. The Bertz CT molecular complexity index is 1560. The predicted molar refractivity (Wildman–Crippen MR) is 219 cm³/mol. The second-order valence-electron chi connectivity index (χ2n) is 21.5. The normalized spacial score (nSPS) is 55.6. The number of hydrogen-bond donors (Lipinski definition) is 12. The minimum Gasteiger partial charge on any atom is -0.394 e. The van der Waals surface area contributed by atoms with E-state index in [1.165, 1.54) is 0 Å². The lowest BCUT2D eigenvalue weighted by atomic mass is 9.44. The van der Waals surface area contributed by atoms with E-state index >= 15 is 0 Å². The quantitative estimate of drug-likeness (QED) is 0.0909. The Labute approximate surface area is 374 Å². The van der Waals surface area contributed by atoms with E-state index in [9.17, 15) is 61.3 Å². The van der Waals surface area contributed by atoms with Crippen molar-refractivity contribution in [3.05, 3.63) is 0 Å². The summed E-state index contributed by atoms with van der Waals surface area (Å²) in [6, 6.07) is 0. The summed E-state index contributed by atoms with van der Waals surface area (Å²) in [6.45, 7) is 7.28. The summed E-state index contributed by atoms with van der Waals surface area (Å²) < 4.78 is 42.0. The highest BCUT2D eigenvalue weighted by Gasteiger charge is 2.68. The van der Waals surface area contributed by atoms with Crippen LogP contribution in [0.5, 0.6) is 0 Å². The van der Waals surface area contributed by atoms with Crippen LogP contribution in [0.15, 0.2) is 0 Å². The van der Waals surface area contributed by atoms with Crippen molar-refractivity contribution in [3.8, 4) is 0 Å². The molecule has 8 rings (SSSR count). The van der Waals surface area contributed by atoms with Gasteiger partial charge >= 0.3 is 0 Å². The molecule has 4 saturated carbocycles. The fourth-order valence-corrected chi connectivity index (χ4v) is 14.2. The van der Waals surface area contributed by atoms with Crippen molar-refractivity contribution in [2.45, 2.75) is 202 Å². The first-order valence-corrected chi connectivity index (χ1v) is 23.9. The Morgan fingerprint density at radius 2 is 1.20 bits per heavy atom. The zero-order chi connectivity index (χ0) is 46.2. The third-order valence-corrected chi connectivity index (χ3v) is 18.0. The molecule has 0 unspecified atom stereocenters. The molecule has 12 N–H and O–H groups in total. The van der Waals surface area contributed by atoms with Crippen LogP contribution in [0.25, 0.3) is 0 Å². The molecular weight excluding hydrogens is 844 g/mol. The van der Waals surface area contributed by atoms with Gasteiger partial charge in [-0.3, -0.25) is 0 Å². The fourth-order valence-electron chi connectivity index (χ4n) is 14.2. The van der Waals surface area contributed by atoms with Gasteiger partial charge in [0.1, 0.15) is 73.2 Å². The van der Waals surface area contributed by atoms with Crippen LogP contribution in [0, 0.1) is 52.3 Å². The zero-order valence-corrected chi connectivity index (χ0v) is 37.5. The second-order valence-corrected chi connectivity index (χ2v) is 21.5. The van der Waals surface area contributed by atoms with Gasteiger partial charge in [0.25, 0.3) is 0 Å². The van der Waals surface area contributed by atoms with Crippen LogP contribution < -0.4 is 0 Å². The van der Waals surface area contributed by atoms with E-state index in [-0.39, 0.29) is 47.4 Å². The third-order valence-electron chi connectivity index (χ3n) is 18.0. The number of aliphatic hydroxyl groups excluding tert-OH is 11. The maximum absolute atomic E-state index is 12.1. The molecule has 4 aliphatic heterocycles. The van der Waals surface area contributed by atoms with Gasteiger partial charge < -0.3 is 94.4 Å². The largest absolute Gasteiger partial charge is 0.394 e. The summed E-state index contributed by atoms with van der Waals surface area (Å²) in [4.78, 5) is 0. The highest BCUT2D eigenvalue weighted by Crippen LogP contribution is 2.71. The maximum Gasteiger partial charge on any atom is 0.187 e. The third kappa shape index (κ3) is 8.65. The molecule has 4 saturated heterocycles. The van der Waals surface area contributed by atoms with Crippen molar-refractivity contribution in [2.75, 3.05) is 26.4 Å². The topological polar surface area (TPSA) is 307 Å². The summed E-state index contributed by atoms with van der Waals surface area (Å²) in [5.74, 6) is 0.532. The number of ether oxygens (including phenoxy) is 7. The first kappa shape index (κ1) is 49.7. The average Bonchev–Trinajstić information content (AvgIpc) is 3.71. The first-order valence-electron chi connectivity index (χ1n) is 23.9. The van der Waals surface area contributed by atoms with E-state index in [1.54, 1.807) is 0 Å². The smallest absolute Gasteiger partial charge is 0.187 e. The predicted octanol–water partition coefficient (Wildman–Crippen LogP) is -1.78. The van der Waals surface area contributed by atoms with Crippen molar-refractivity contribution in [2.24, 2.45) is 52.3 Å². The number of aliphatic hydroxyl groups is 12. The highest BCUT2D eigenvalue weighted by atomic mass is 16.8. The average molecular weight is 921 g/mol. The Balaban J connectivity index is 0.869. The van der Waals surface area contributed by atoms with Crippen molar-refractivity contribution in [1.29, 1.82) is 0 Å². The zero-order valence-electron chi connectivity index (χ0n) is 37.5. The van der Waals surface area contributed by atoms with Crippen molar-refractivity contribution in [3.63, 3.8) is 0 Å². The van der Waals surface area contributed by atoms with Gasteiger partial charge in [0.05, 0.1) is 38.6 Å². The molecule has 27 atom stereocenters. The van der Waals surface area contributed by atoms with Crippen LogP contribution in [-0.4, -0.2) is 198 Å². The molecule has 0 aromatic rings. The molecule has 8 aliphatic rings. The van der Waals surface area contributed by atoms with E-state index < -0.39 is 118 Å². The number of fused-ring (bicyclic) bond motifs is 7. The second kappa shape index (κ2) is 19.2. The van der Waals surface area contributed by atoms with Crippen molar-refractivity contribution < 1.29 is 94.4 Å². The molecule has 0 amide bonds. The summed E-state index contributed by atoms with van der Waals surface area (Å²) >= 11 is 0. The Kier molecular flexibility index (Phi) is 14.9. The lowest BCUT2D eigenvalue weighted by Crippen LogP contribution is -2.65. The van der Waals surface area contributed by atoms with Gasteiger partial charge in [-0.25, -0.2) is 0 Å². The van der Waals surface area contributed by atoms with Crippen molar-refractivity contribution >= 4 is 0 Å². The Morgan fingerprint density at radius 1 is 0.625 bits per heavy atom.